The molecule has 4 nitrogen and oxygen atoms in total. The zero-order valence-electron chi connectivity index (χ0n) is 11.9. The van der Waals surface area contributed by atoms with Gasteiger partial charge in [0.15, 0.2) is 0 Å². The first kappa shape index (κ1) is 14.5. The fourth-order valence-corrected chi connectivity index (χ4v) is 2.58. The average Bonchev–Trinajstić information content (AvgIpc) is 2.85. The second-order valence-corrected chi connectivity index (χ2v) is 6.55. The van der Waals surface area contributed by atoms with Gasteiger partial charge in [0.1, 0.15) is 0 Å². The molecule has 20 heavy (non-hydrogen) atoms. The number of aromatic nitrogens is 1. The van der Waals surface area contributed by atoms with E-state index in [1.54, 1.807) is 23.5 Å². The van der Waals surface area contributed by atoms with Crippen molar-refractivity contribution in [2.24, 2.45) is 5.73 Å². The molecule has 0 spiro atoms. The number of benzene rings is 1. The summed E-state index contributed by atoms with van der Waals surface area (Å²) in [5.74, 6) is -0.411. The number of hydrogen-bond donors (Lipinski definition) is 2. The summed E-state index contributed by atoms with van der Waals surface area (Å²) in [6, 6.07) is 7.12. The van der Waals surface area contributed by atoms with Crippen molar-refractivity contribution in [3.63, 3.8) is 0 Å². The van der Waals surface area contributed by atoms with E-state index in [1.165, 1.54) is 0 Å². The summed E-state index contributed by atoms with van der Waals surface area (Å²) in [6.45, 7) is 7.14. The van der Waals surface area contributed by atoms with Gasteiger partial charge in [-0.2, -0.15) is 0 Å². The minimum atomic E-state index is -0.411. The number of rotatable bonds is 4. The van der Waals surface area contributed by atoms with Gasteiger partial charge in [-0.05, 0) is 24.3 Å². The molecule has 1 aromatic carbocycles. The normalized spacial score (nSPS) is 11.3. The van der Waals surface area contributed by atoms with Crippen LogP contribution in [0.4, 0.5) is 5.69 Å². The number of amides is 1. The van der Waals surface area contributed by atoms with Gasteiger partial charge in [0.25, 0.3) is 0 Å². The first-order chi connectivity index (χ1) is 9.36. The summed E-state index contributed by atoms with van der Waals surface area (Å²) in [5, 5.41) is 6.50. The molecule has 0 radical (unpaired) electrons. The number of hydrogen-bond acceptors (Lipinski definition) is 4. The maximum absolute atomic E-state index is 11.0. The molecule has 0 saturated carbocycles. The van der Waals surface area contributed by atoms with E-state index in [0.29, 0.717) is 12.1 Å². The molecule has 3 N–H and O–H groups in total. The van der Waals surface area contributed by atoms with Gasteiger partial charge in [0, 0.05) is 22.0 Å². The van der Waals surface area contributed by atoms with Crippen LogP contribution >= 0.6 is 11.3 Å². The number of primary amides is 1. The number of nitrogens with two attached hydrogens (primary N) is 1. The molecule has 0 aliphatic heterocycles. The Labute approximate surface area is 123 Å². The number of carbonyl (C=O) groups is 1. The van der Waals surface area contributed by atoms with E-state index in [0.717, 1.165) is 16.4 Å². The number of anilines is 1. The molecular weight excluding hydrogens is 270 g/mol. The van der Waals surface area contributed by atoms with Crippen molar-refractivity contribution >= 4 is 22.9 Å². The van der Waals surface area contributed by atoms with Crippen molar-refractivity contribution in [1.82, 2.24) is 4.98 Å². The van der Waals surface area contributed by atoms with Gasteiger partial charge in [-0.15, -0.1) is 11.3 Å². The van der Waals surface area contributed by atoms with E-state index in [1.807, 2.05) is 12.1 Å². The molecule has 0 atom stereocenters. The van der Waals surface area contributed by atoms with Gasteiger partial charge in [0.05, 0.1) is 17.2 Å². The third kappa shape index (κ3) is 3.57. The Kier molecular flexibility index (Phi) is 4.09. The van der Waals surface area contributed by atoms with Gasteiger partial charge < -0.3 is 11.1 Å². The molecule has 0 aliphatic carbocycles. The minimum Gasteiger partial charge on any atom is -0.379 e. The minimum absolute atomic E-state index is 0.0893. The van der Waals surface area contributed by atoms with E-state index in [2.05, 4.69) is 36.5 Å². The van der Waals surface area contributed by atoms with Crippen molar-refractivity contribution in [2.45, 2.75) is 32.7 Å². The summed E-state index contributed by atoms with van der Waals surface area (Å²) in [7, 11) is 0. The van der Waals surface area contributed by atoms with Gasteiger partial charge >= 0.3 is 0 Å². The number of thiazole rings is 1. The fourth-order valence-electron chi connectivity index (χ4n) is 1.68. The van der Waals surface area contributed by atoms with Crippen LogP contribution in [0, 0.1) is 0 Å². The Morgan fingerprint density at radius 2 is 1.95 bits per heavy atom. The summed E-state index contributed by atoms with van der Waals surface area (Å²) >= 11 is 1.69. The number of nitrogens with one attached hydrogen (secondary N) is 1. The van der Waals surface area contributed by atoms with Crippen LogP contribution in [0.15, 0.2) is 29.6 Å². The molecule has 0 unspecified atom stereocenters. The van der Waals surface area contributed by atoms with Gasteiger partial charge in [0.2, 0.25) is 5.91 Å². The Morgan fingerprint density at radius 1 is 1.30 bits per heavy atom. The van der Waals surface area contributed by atoms with E-state index in [4.69, 9.17) is 5.73 Å². The summed E-state index contributed by atoms with van der Waals surface area (Å²) < 4.78 is 0. The molecule has 1 amide bonds. The molecule has 106 valence electrons. The molecule has 5 heteroatoms. The van der Waals surface area contributed by atoms with Crippen molar-refractivity contribution < 1.29 is 4.79 Å². The zero-order valence-corrected chi connectivity index (χ0v) is 12.8. The third-order valence-corrected chi connectivity index (χ3v) is 4.15. The average molecular weight is 289 g/mol. The second-order valence-electron chi connectivity index (χ2n) is 5.69. The van der Waals surface area contributed by atoms with Crippen molar-refractivity contribution in [3.8, 4) is 0 Å². The lowest BCUT2D eigenvalue weighted by Gasteiger charge is -2.13. The maximum Gasteiger partial charge on any atom is 0.248 e. The van der Waals surface area contributed by atoms with Crippen LogP contribution in [0.5, 0.6) is 0 Å². The summed E-state index contributed by atoms with van der Waals surface area (Å²) in [4.78, 5) is 15.6. The molecule has 1 heterocycles. The van der Waals surface area contributed by atoms with Gasteiger partial charge in [-0.3, -0.25) is 4.79 Å². The predicted molar refractivity (Wildman–Crippen MR) is 83.1 cm³/mol. The predicted octanol–water partition coefficient (Wildman–Crippen LogP) is 3.15. The lowest BCUT2D eigenvalue weighted by Crippen LogP contribution is -2.11. The van der Waals surface area contributed by atoms with Gasteiger partial charge in [-0.1, -0.05) is 20.8 Å². The quantitative estimate of drug-likeness (QED) is 0.908. The maximum atomic E-state index is 11.0. The highest BCUT2D eigenvalue weighted by Crippen LogP contribution is 2.25. The Hall–Kier alpha value is -1.88. The Bertz CT molecular complexity index is 596. The van der Waals surface area contributed by atoms with E-state index >= 15 is 0 Å². The molecule has 0 aliphatic rings. The van der Waals surface area contributed by atoms with Crippen LogP contribution in [0.1, 0.15) is 41.8 Å². The molecule has 0 fully saturated rings. The SMILES string of the molecule is CC(C)(C)c1nc(CNc2ccc(C(N)=O)cc2)cs1. The first-order valence-corrected chi connectivity index (χ1v) is 7.33. The standard InChI is InChI=1S/C15H19N3OS/c1-15(2,3)14-18-12(9-20-14)8-17-11-6-4-10(5-7-11)13(16)19/h4-7,9,17H,8H2,1-3H3,(H2,16,19). The second kappa shape index (κ2) is 5.63. The smallest absolute Gasteiger partial charge is 0.248 e. The van der Waals surface area contributed by atoms with Crippen molar-refractivity contribution in [1.29, 1.82) is 0 Å². The number of carbonyl (C=O) groups excluding carboxylic acids is 1. The number of nitrogens with zero attached hydrogens (tertiary/aromatic N) is 1. The lowest BCUT2D eigenvalue weighted by atomic mass is 9.98. The van der Waals surface area contributed by atoms with Crippen LogP contribution in [-0.2, 0) is 12.0 Å². The molecule has 0 bridgehead atoms. The summed E-state index contributed by atoms with van der Waals surface area (Å²) in [5.41, 5.74) is 7.78. The third-order valence-electron chi connectivity index (χ3n) is 2.84. The molecule has 2 aromatic rings. The summed E-state index contributed by atoms with van der Waals surface area (Å²) in [6.07, 6.45) is 0. The van der Waals surface area contributed by atoms with E-state index in [9.17, 15) is 4.79 Å². The molecule has 1 aromatic heterocycles. The monoisotopic (exact) mass is 289 g/mol. The highest BCUT2D eigenvalue weighted by atomic mass is 32.1. The highest BCUT2D eigenvalue weighted by molar-refractivity contribution is 7.09. The molecule has 0 saturated heterocycles. The van der Waals surface area contributed by atoms with Crippen LogP contribution in [0.25, 0.3) is 0 Å². The van der Waals surface area contributed by atoms with Gasteiger partial charge in [-0.25, -0.2) is 4.98 Å². The van der Waals surface area contributed by atoms with Crippen LogP contribution in [0.2, 0.25) is 0 Å². The van der Waals surface area contributed by atoms with Crippen molar-refractivity contribution in [3.05, 3.63) is 45.9 Å². The highest BCUT2D eigenvalue weighted by Gasteiger charge is 2.17. The van der Waals surface area contributed by atoms with Crippen LogP contribution in [-0.4, -0.2) is 10.9 Å². The Balaban J connectivity index is 1.98. The molecule has 2 rings (SSSR count). The van der Waals surface area contributed by atoms with Crippen LogP contribution < -0.4 is 11.1 Å². The van der Waals surface area contributed by atoms with E-state index in [-0.39, 0.29) is 5.41 Å². The molecular formula is C15H19N3OS. The Morgan fingerprint density at radius 3 is 2.45 bits per heavy atom. The fraction of sp³-hybridized carbons (Fsp3) is 0.333. The largest absolute Gasteiger partial charge is 0.379 e. The van der Waals surface area contributed by atoms with Crippen LogP contribution in [0.3, 0.4) is 0 Å². The van der Waals surface area contributed by atoms with Crippen molar-refractivity contribution in [2.75, 3.05) is 5.32 Å². The first-order valence-electron chi connectivity index (χ1n) is 6.45. The lowest BCUT2D eigenvalue weighted by molar-refractivity contribution is 0.100. The van der Waals surface area contributed by atoms with E-state index < -0.39 is 5.91 Å². The zero-order chi connectivity index (χ0) is 14.8. The topological polar surface area (TPSA) is 68.0 Å².